The summed E-state index contributed by atoms with van der Waals surface area (Å²) >= 11 is 0. The van der Waals surface area contributed by atoms with Crippen LogP contribution >= 0.6 is 0 Å². The molecule has 0 bridgehead atoms. The molecule has 4 amide bonds. The van der Waals surface area contributed by atoms with Gasteiger partial charge >= 0.3 is 6.03 Å². The van der Waals surface area contributed by atoms with Crippen LogP contribution in [0.4, 0.5) is 19.3 Å². The molecule has 28 heavy (non-hydrogen) atoms. The summed E-state index contributed by atoms with van der Waals surface area (Å²) in [7, 11) is 0. The van der Waals surface area contributed by atoms with Crippen molar-refractivity contribution in [2.75, 3.05) is 11.9 Å². The van der Waals surface area contributed by atoms with Gasteiger partial charge in [0.25, 0.3) is 5.91 Å². The van der Waals surface area contributed by atoms with Crippen LogP contribution in [0.1, 0.15) is 17.5 Å². The van der Waals surface area contributed by atoms with E-state index in [1.165, 1.54) is 0 Å². The standard InChI is InChI=1S/C20H17F2N3O3/c21-14-5-6-15(22)16(9-14)23-17(26)11-25-18(27)20(24-19(25)28)8-7-12-3-1-2-4-13(12)10-20/h1-6,9H,7-8,10-11H2,(H,23,26)(H,24,28). The Kier molecular flexibility index (Phi) is 4.33. The fourth-order valence-electron chi connectivity index (χ4n) is 3.77. The van der Waals surface area contributed by atoms with Crippen LogP contribution < -0.4 is 10.6 Å². The quantitative estimate of drug-likeness (QED) is 0.797. The summed E-state index contributed by atoms with van der Waals surface area (Å²) in [6.07, 6.45) is 1.42. The Morgan fingerprint density at radius 2 is 1.89 bits per heavy atom. The van der Waals surface area contributed by atoms with Gasteiger partial charge in [-0.2, -0.15) is 0 Å². The Balaban J connectivity index is 1.49. The molecular formula is C20H17F2N3O3. The summed E-state index contributed by atoms with van der Waals surface area (Å²) in [5.74, 6) is -2.80. The van der Waals surface area contributed by atoms with Crippen LogP contribution in [0, 0.1) is 11.6 Å². The largest absolute Gasteiger partial charge is 0.325 e. The van der Waals surface area contributed by atoms with Gasteiger partial charge in [0, 0.05) is 12.5 Å². The molecule has 8 heteroatoms. The zero-order valence-corrected chi connectivity index (χ0v) is 14.8. The third-order valence-electron chi connectivity index (χ3n) is 5.18. The van der Waals surface area contributed by atoms with E-state index < -0.39 is 41.6 Å². The van der Waals surface area contributed by atoms with Crippen molar-refractivity contribution in [3.63, 3.8) is 0 Å². The summed E-state index contributed by atoms with van der Waals surface area (Å²) in [6.45, 7) is -0.579. The number of aryl methyl sites for hydroxylation is 1. The molecule has 6 nitrogen and oxygen atoms in total. The van der Waals surface area contributed by atoms with Crippen LogP contribution in [0.2, 0.25) is 0 Å². The summed E-state index contributed by atoms with van der Waals surface area (Å²) in [4.78, 5) is 38.3. The minimum absolute atomic E-state index is 0.349. The van der Waals surface area contributed by atoms with Crippen molar-refractivity contribution in [2.45, 2.75) is 24.8 Å². The van der Waals surface area contributed by atoms with Crippen LogP contribution in [0.5, 0.6) is 0 Å². The smallest absolute Gasteiger partial charge is 0.323 e. The fourth-order valence-corrected chi connectivity index (χ4v) is 3.77. The average Bonchev–Trinajstić information content (AvgIpc) is 2.88. The van der Waals surface area contributed by atoms with E-state index in [1.54, 1.807) is 0 Å². The van der Waals surface area contributed by atoms with Gasteiger partial charge in [-0.15, -0.1) is 0 Å². The molecule has 2 N–H and O–H groups in total. The number of carbonyl (C=O) groups is 3. The highest BCUT2D eigenvalue weighted by Gasteiger charge is 2.52. The van der Waals surface area contributed by atoms with E-state index in [0.717, 1.165) is 34.2 Å². The Bertz CT molecular complexity index is 994. The molecule has 1 aliphatic heterocycles. The molecule has 1 atom stereocenters. The van der Waals surface area contributed by atoms with Crippen molar-refractivity contribution < 1.29 is 23.2 Å². The maximum Gasteiger partial charge on any atom is 0.325 e. The Morgan fingerprint density at radius 1 is 1.14 bits per heavy atom. The maximum atomic E-state index is 13.7. The Morgan fingerprint density at radius 3 is 2.68 bits per heavy atom. The first kappa shape index (κ1) is 18.1. The van der Waals surface area contributed by atoms with Crippen LogP contribution in [-0.4, -0.2) is 34.8 Å². The van der Waals surface area contributed by atoms with Gasteiger partial charge in [0.05, 0.1) is 5.69 Å². The molecule has 0 saturated carbocycles. The molecule has 1 heterocycles. The lowest BCUT2D eigenvalue weighted by Gasteiger charge is -2.32. The summed E-state index contributed by atoms with van der Waals surface area (Å²) in [6, 6.07) is 9.67. The molecular weight excluding hydrogens is 368 g/mol. The maximum absolute atomic E-state index is 13.7. The predicted molar refractivity (Wildman–Crippen MR) is 96.4 cm³/mol. The number of nitrogens with one attached hydrogen (secondary N) is 2. The van der Waals surface area contributed by atoms with E-state index in [0.29, 0.717) is 19.3 Å². The van der Waals surface area contributed by atoms with E-state index in [2.05, 4.69) is 10.6 Å². The number of benzene rings is 2. The zero-order valence-electron chi connectivity index (χ0n) is 14.8. The molecule has 1 aliphatic carbocycles. The van der Waals surface area contributed by atoms with Crippen LogP contribution in [-0.2, 0) is 22.4 Å². The van der Waals surface area contributed by atoms with Gasteiger partial charge in [0.15, 0.2) is 0 Å². The van der Waals surface area contributed by atoms with Crippen molar-refractivity contribution in [2.24, 2.45) is 0 Å². The van der Waals surface area contributed by atoms with Crippen molar-refractivity contribution in [3.8, 4) is 0 Å². The molecule has 1 fully saturated rings. The average molecular weight is 385 g/mol. The lowest BCUT2D eigenvalue weighted by molar-refractivity contribution is -0.134. The SMILES string of the molecule is O=C(CN1C(=O)NC2(CCc3ccccc3C2)C1=O)Nc1cc(F)ccc1F. The van der Waals surface area contributed by atoms with E-state index in [-0.39, 0.29) is 5.69 Å². The number of hydrogen-bond acceptors (Lipinski definition) is 3. The lowest BCUT2D eigenvalue weighted by atomic mass is 9.78. The summed E-state index contributed by atoms with van der Waals surface area (Å²) in [5, 5.41) is 4.92. The van der Waals surface area contributed by atoms with Crippen molar-refractivity contribution in [3.05, 3.63) is 65.2 Å². The van der Waals surface area contributed by atoms with Crippen molar-refractivity contribution in [1.82, 2.24) is 10.2 Å². The number of fused-ring (bicyclic) bond motifs is 1. The van der Waals surface area contributed by atoms with Gasteiger partial charge in [-0.25, -0.2) is 13.6 Å². The van der Waals surface area contributed by atoms with Gasteiger partial charge in [0.2, 0.25) is 5.91 Å². The number of carbonyl (C=O) groups excluding carboxylic acids is 3. The minimum Gasteiger partial charge on any atom is -0.323 e. The second-order valence-electron chi connectivity index (χ2n) is 7.02. The number of urea groups is 1. The molecule has 1 spiro atoms. The summed E-state index contributed by atoms with van der Waals surface area (Å²) in [5.41, 5.74) is 0.692. The number of anilines is 1. The van der Waals surface area contributed by atoms with Gasteiger partial charge in [-0.05, 0) is 36.1 Å². The highest BCUT2D eigenvalue weighted by molar-refractivity contribution is 6.10. The number of halogens is 2. The van der Waals surface area contributed by atoms with E-state index in [1.807, 2.05) is 24.3 Å². The van der Waals surface area contributed by atoms with Crippen molar-refractivity contribution in [1.29, 1.82) is 0 Å². The normalized spacial score (nSPS) is 20.9. The Labute approximate surface area is 159 Å². The second-order valence-corrected chi connectivity index (χ2v) is 7.02. The molecule has 0 aromatic heterocycles. The Hall–Kier alpha value is -3.29. The van der Waals surface area contributed by atoms with Gasteiger partial charge in [-0.3, -0.25) is 14.5 Å². The number of amides is 4. The lowest BCUT2D eigenvalue weighted by Crippen LogP contribution is -2.51. The third kappa shape index (κ3) is 3.11. The zero-order chi connectivity index (χ0) is 19.9. The molecule has 0 radical (unpaired) electrons. The number of nitrogens with zero attached hydrogens (tertiary/aromatic N) is 1. The van der Waals surface area contributed by atoms with E-state index >= 15 is 0 Å². The first-order valence-corrected chi connectivity index (χ1v) is 8.84. The monoisotopic (exact) mass is 385 g/mol. The highest BCUT2D eigenvalue weighted by atomic mass is 19.1. The van der Waals surface area contributed by atoms with E-state index in [9.17, 15) is 23.2 Å². The first-order valence-electron chi connectivity index (χ1n) is 8.84. The summed E-state index contributed by atoms with van der Waals surface area (Å²) < 4.78 is 26.9. The number of imide groups is 1. The van der Waals surface area contributed by atoms with Crippen molar-refractivity contribution >= 4 is 23.5 Å². The molecule has 1 unspecified atom stereocenters. The van der Waals surface area contributed by atoms with Crippen LogP contribution in [0.25, 0.3) is 0 Å². The van der Waals surface area contributed by atoms with Gasteiger partial charge < -0.3 is 10.6 Å². The third-order valence-corrected chi connectivity index (χ3v) is 5.18. The van der Waals surface area contributed by atoms with Gasteiger partial charge in [0.1, 0.15) is 23.7 Å². The van der Waals surface area contributed by atoms with Gasteiger partial charge in [-0.1, -0.05) is 24.3 Å². The second kappa shape index (κ2) is 6.70. The topological polar surface area (TPSA) is 78.5 Å². The van der Waals surface area contributed by atoms with Crippen LogP contribution in [0.3, 0.4) is 0 Å². The molecule has 144 valence electrons. The molecule has 2 aliphatic rings. The fraction of sp³-hybridized carbons (Fsp3) is 0.250. The molecule has 2 aromatic carbocycles. The molecule has 1 saturated heterocycles. The predicted octanol–water partition coefficient (Wildman–Crippen LogP) is 2.38. The molecule has 4 rings (SSSR count). The molecule has 2 aromatic rings. The highest BCUT2D eigenvalue weighted by Crippen LogP contribution is 2.33. The minimum atomic E-state index is -1.07. The number of rotatable bonds is 3. The van der Waals surface area contributed by atoms with E-state index in [4.69, 9.17) is 0 Å². The first-order chi connectivity index (χ1) is 13.4. The van der Waals surface area contributed by atoms with Crippen LogP contribution in [0.15, 0.2) is 42.5 Å². The number of hydrogen-bond donors (Lipinski definition) is 2.